The summed E-state index contributed by atoms with van der Waals surface area (Å²) in [5.74, 6) is 2.34. The summed E-state index contributed by atoms with van der Waals surface area (Å²) in [6.45, 7) is 3.07. The van der Waals surface area contributed by atoms with Gasteiger partial charge in [-0.05, 0) is 0 Å². The first-order chi connectivity index (χ1) is 4.93. The van der Waals surface area contributed by atoms with Gasteiger partial charge in [0.2, 0.25) is 0 Å². The molecule has 0 saturated carbocycles. The molecule has 0 radical (unpaired) electrons. The van der Waals surface area contributed by atoms with Crippen molar-refractivity contribution in [3.8, 4) is 18.0 Å². The van der Waals surface area contributed by atoms with E-state index in [9.17, 15) is 0 Å². The molecule has 1 rings (SSSR count). The van der Waals surface area contributed by atoms with Crippen LogP contribution in [0.4, 0.5) is 0 Å². The van der Waals surface area contributed by atoms with Crippen molar-refractivity contribution in [1.82, 2.24) is 4.90 Å². The van der Waals surface area contributed by atoms with Gasteiger partial charge in [0, 0.05) is 25.1 Å². The van der Waals surface area contributed by atoms with E-state index in [1.54, 1.807) is 6.07 Å². The summed E-state index contributed by atoms with van der Waals surface area (Å²) in [6.07, 6.45) is 0. The van der Waals surface area contributed by atoms with E-state index in [1.807, 2.05) is 4.90 Å². The fourth-order valence-corrected chi connectivity index (χ4v) is 0.779. The van der Waals surface area contributed by atoms with Crippen LogP contribution in [-0.4, -0.2) is 31.2 Å². The third-order valence-corrected chi connectivity index (χ3v) is 1.28. The SMILES string of the molecule is N#CC#CN1CCOCC1. The molecule has 1 heterocycles. The Morgan fingerprint density at radius 1 is 1.30 bits per heavy atom. The van der Waals surface area contributed by atoms with E-state index in [1.165, 1.54) is 0 Å². The molecule has 3 nitrogen and oxygen atoms in total. The summed E-state index contributed by atoms with van der Waals surface area (Å²) < 4.78 is 5.09. The smallest absolute Gasteiger partial charge is 0.154 e. The fourth-order valence-electron chi connectivity index (χ4n) is 0.779. The van der Waals surface area contributed by atoms with Crippen molar-refractivity contribution in [2.24, 2.45) is 0 Å². The molecule has 0 atom stereocenters. The zero-order valence-corrected chi connectivity index (χ0v) is 5.63. The van der Waals surface area contributed by atoms with Gasteiger partial charge in [-0.25, -0.2) is 0 Å². The van der Waals surface area contributed by atoms with Crippen LogP contribution in [0.5, 0.6) is 0 Å². The zero-order chi connectivity index (χ0) is 7.23. The highest BCUT2D eigenvalue weighted by molar-refractivity contribution is 5.15. The van der Waals surface area contributed by atoms with Gasteiger partial charge in [-0.1, -0.05) is 0 Å². The van der Waals surface area contributed by atoms with E-state index in [4.69, 9.17) is 10.00 Å². The van der Waals surface area contributed by atoms with Gasteiger partial charge in [0.15, 0.2) is 6.07 Å². The number of nitrogens with zero attached hydrogens (tertiary/aromatic N) is 2. The Balaban J connectivity index is 2.34. The summed E-state index contributed by atoms with van der Waals surface area (Å²) in [4.78, 5) is 1.90. The minimum Gasteiger partial charge on any atom is -0.378 e. The summed E-state index contributed by atoms with van der Waals surface area (Å²) >= 11 is 0. The van der Waals surface area contributed by atoms with Crippen LogP contribution in [0.1, 0.15) is 0 Å². The average molecular weight is 136 g/mol. The lowest BCUT2D eigenvalue weighted by Gasteiger charge is -2.21. The molecule has 0 aliphatic carbocycles. The Labute approximate surface area is 60.2 Å². The van der Waals surface area contributed by atoms with Crippen LogP contribution < -0.4 is 0 Å². The van der Waals surface area contributed by atoms with Crippen LogP contribution in [0.15, 0.2) is 0 Å². The van der Waals surface area contributed by atoms with Gasteiger partial charge in [0.25, 0.3) is 0 Å². The summed E-state index contributed by atoms with van der Waals surface area (Å²) in [5.41, 5.74) is 0. The van der Waals surface area contributed by atoms with Gasteiger partial charge in [0.05, 0.1) is 13.2 Å². The zero-order valence-electron chi connectivity index (χ0n) is 5.63. The van der Waals surface area contributed by atoms with Crippen molar-refractivity contribution in [2.45, 2.75) is 0 Å². The van der Waals surface area contributed by atoms with E-state index >= 15 is 0 Å². The van der Waals surface area contributed by atoms with Crippen molar-refractivity contribution < 1.29 is 4.74 Å². The topological polar surface area (TPSA) is 36.3 Å². The fraction of sp³-hybridized carbons (Fsp3) is 0.571. The molecule has 0 spiro atoms. The number of hydrogen-bond donors (Lipinski definition) is 0. The van der Waals surface area contributed by atoms with Gasteiger partial charge >= 0.3 is 0 Å². The van der Waals surface area contributed by atoms with Crippen LogP contribution in [-0.2, 0) is 4.74 Å². The molecule has 1 fully saturated rings. The molecule has 0 amide bonds. The maximum absolute atomic E-state index is 8.12. The third-order valence-electron chi connectivity index (χ3n) is 1.28. The first-order valence-electron chi connectivity index (χ1n) is 3.16. The molecule has 0 aromatic carbocycles. The predicted octanol–water partition coefficient (Wildman–Crippen LogP) is -0.197. The molecular formula is C7H8N2O. The van der Waals surface area contributed by atoms with E-state index in [2.05, 4.69) is 12.0 Å². The first-order valence-corrected chi connectivity index (χ1v) is 3.16. The Morgan fingerprint density at radius 3 is 2.60 bits per heavy atom. The Hall–Kier alpha value is -1.19. The van der Waals surface area contributed by atoms with Crippen LogP contribution in [0.2, 0.25) is 0 Å². The number of morpholine rings is 1. The number of nitriles is 1. The van der Waals surface area contributed by atoms with E-state index in [-0.39, 0.29) is 0 Å². The highest BCUT2D eigenvalue weighted by Gasteiger charge is 2.04. The molecule has 1 aliphatic rings. The monoisotopic (exact) mass is 136 g/mol. The molecule has 1 aliphatic heterocycles. The number of rotatable bonds is 0. The van der Waals surface area contributed by atoms with Crippen molar-refractivity contribution in [2.75, 3.05) is 26.3 Å². The lowest BCUT2D eigenvalue weighted by molar-refractivity contribution is 0.0638. The maximum Gasteiger partial charge on any atom is 0.154 e. The second-order valence-electron chi connectivity index (χ2n) is 1.95. The highest BCUT2D eigenvalue weighted by atomic mass is 16.5. The quantitative estimate of drug-likeness (QED) is 0.433. The third kappa shape index (κ3) is 1.97. The van der Waals surface area contributed by atoms with Crippen molar-refractivity contribution in [3.63, 3.8) is 0 Å². The molecule has 3 heteroatoms. The standard InChI is InChI=1S/C7H8N2O/c8-2-1-3-9-4-6-10-7-5-9/h4-7H2. The average Bonchev–Trinajstić information content (AvgIpc) is 2.03. The van der Waals surface area contributed by atoms with Crippen LogP contribution >= 0.6 is 0 Å². The molecule has 0 aromatic rings. The molecule has 0 aromatic heterocycles. The van der Waals surface area contributed by atoms with Gasteiger partial charge in [-0.3, -0.25) is 0 Å². The summed E-state index contributed by atoms with van der Waals surface area (Å²) in [6, 6.07) is 4.48. The number of hydrogen-bond acceptors (Lipinski definition) is 3. The molecular weight excluding hydrogens is 128 g/mol. The van der Waals surface area contributed by atoms with Gasteiger partial charge in [-0.2, -0.15) is 5.26 Å². The lowest BCUT2D eigenvalue weighted by atomic mass is 10.4. The second-order valence-corrected chi connectivity index (χ2v) is 1.95. The molecule has 1 saturated heterocycles. The molecule has 10 heavy (non-hydrogen) atoms. The molecule has 0 unspecified atom stereocenters. The minimum atomic E-state index is 0.722. The highest BCUT2D eigenvalue weighted by Crippen LogP contribution is 1.92. The van der Waals surface area contributed by atoms with E-state index < -0.39 is 0 Å². The minimum absolute atomic E-state index is 0.722. The largest absolute Gasteiger partial charge is 0.378 e. The Kier molecular flexibility index (Phi) is 2.61. The van der Waals surface area contributed by atoms with Gasteiger partial charge in [0.1, 0.15) is 0 Å². The van der Waals surface area contributed by atoms with Crippen molar-refractivity contribution >= 4 is 0 Å². The number of ether oxygens (including phenoxy) is 1. The van der Waals surface area contributed by atoms with Crippen LogP contribution in [0.25, 0.3) is 0 Å². The second kappa shape index (κ2) is 3.76. The Bertz CT molecular complexity index is 190. The van der Waals surface area contributed by atoms with E-state index in [0.29, 0.717) is 0 Å². The van der Waals surface area contributed by atoms with Crippen LogP contribution in [0, 0.1) is 23.3 Å². The summed E-state index contributed by atoms with van der Waals surface area (Å²) in [7, 11) is 0. The van der Waals surface area contributed by atoms with E-state index in [0.717, 1.165) is 26.3 Å². The van der Waals surface area contributed by atoms with Crippen molar-refractivity contribution in [1.29, 1.82) is 5.26 Å². The van der Waals surface area contributed by atoms with Gasteiger partial charge < -0.3 is 9.64 Å². The molecule has 52 valence electrons. The molecule has 0 bridgehead atoms. The normalized spacial score (nSPS) is 16.9. The van der Waals surface area contributed by atoms with Crippen LogP contribution in [0.3, 0.4) is 0 Å². The van der Waals surface area contributed by atoms with Gasteiger partial charge in [-0.15, -0.1) is 0 Å². The van der Waals surface area contributed by atoms with Crippen molar-refractivity contribution in [3.05, 3.63) is 0 Å². The first kappa shape index (κ1) is 6.92. The predicted molar refractivity (Wildman–Crippen MR) is 35.8 cm³/mol. The maximum atomic E-state index is 8.12. The Morgan fingerprint density at radius 2 is 2.00 bits per heavy atom. The lowest BCUT2D eigenvalue weighted by Crippen LogP contribution is -2.32. The molecule has 0 N–H and O–H groups in total. The summed E-state index contributed by atoms with van der Waals surface area (Å²) in [5, 5.41) is 8.12.